The molecular formula is C24H25BrClF2NO2. The van der Waals surface area contributed by atoms with Gasteiger partial charge >= 0.3 is 0 Å². The van der Waals surface area contributed by atoms with E-state index in [0.717, 1.165) is 10.0 Å². The van der Waals surface area contributed by atoms with Crippen molar-refractivity contribution in [2.45, 2.75) is 26.5 Å². The molecular weight excluding hydrogens is 488 g/mol. The molecule has 0 aliphatic rings. The van der Waals surface area contributed by atoms with Crippen LogP contribution in [0.2, 0.25) is 0 Å². The van der Waals surface area contributed by atoms with Gasteiger partial charge in [0.1, 0.15) is 18.2 Å². The number of rotatable bonds is 10. The predicted molar refractivity (Wildman–Crippen MR) is 125 cm³/mol. The zero-order valence-electron chi connectivity index (χ0n) is 17.2. The van der Waals surface area contributed by atoms with Crippen molar-refractivity contribution in [3.8, 4) is 11.5 Å². The number of hydrogen-bond acceptors (Lipinski definition) is 3. The summed E-state index contributed by atoms with van der Waals surface area (Å²) in [6.07, 6.45) is 0.607. The van der Waals surface area contributed by atoms with Gasteiger partial charge in [-0.25, -0.2) is 8.78 Å². The van der Waals surface area contributed by atoms with Crippen molar-refractivity contribution in [3.63, 3.8) is 0 Å². The Morgan fingerprint density at radius 2 is 1.55 bits per heavy atom. The van der Waals surface area contributed by atoms with Gasteiger partial charge in [-0.15, -0.1) is 12.4 Å². The zero-order valence-corrected chi connectivity index (χ0v) is 19.6. The monoisotopic (exact) mass is 511 g/mol. The average Bonchev–Trinajstić information content (AvgIpc) is 2.73. The number of ether oxygens (including phenoxy) is 2. The summed E-state index contributed by atoms with van der Waals surface area (Å²) in [4.78, 5) is 0. The second-order valence-electron chi connectivity index (χ2n) is 6.74. The molecule has 31 heavy (non-hydrogen) atoms. The van der Waals surface area contributed by atoms with Gasteiger partial charge in [-0.2, -0.15) is 0 Å². The van der Waals surface area contributed by atoms with E-state index in [4.69, 9.17) is 9.47 Å². The molecule has 7 heteroatoms. The van der Waals surface area contributed by atoms with E-state index < -0.39 is 0 Å². The van der Waals surface area contributed by atoms with E-state index >= 15 is 0 Å². The van der Waals surface area contributed by atoms with E-state index in [-0.39, 0.29) is 30.6 Å². The summed E-state index contributed by atoms with van der Waals surface area (Å²) >= 11 is 3.54. The first-order chi connectivity index (χ1) is 14.6. The molecule has 0 unspecified atom stereocenters. The molecule has 0 aromatic heterocycles. The van der Waals surface area contributed by atoms with Crippen LogP contribution in [0, 0.1) is 11.6 Å². The lowest BCUT2D eigenvalue weighted by Gasteiger charge is -2.16. The average molecular weight is 513 g/mol. The summed E-state index contributed by atoms with van der Waals surface area (Å²) < 4.78 is 39.9. The molecule has 0 amide bonds. The second-order valence-corrected chi connectivity index (χ2v) is 7.59. The molecule has 0 fully saturated rings. The minimum absolute atomic E-state index is 0. The third kappa shape index (κ3) is 7.20. The molecule has 3 aromatic rings. The Morgan fingerprint density at radius 1 is 0.903 bits per heavy atom. The third-order valence-corrected chi connectivity index (χ3v) is 5.15. The summed E-state index contributed by atoms with van der Waals surface area (Å²) in [7, 11) is 0. The molecule has 0 aliphatic heterocycles. The summed E-state index contributed by atoms with van der Waals surface area (Å²) in [6.45, 7) is 3.72. The molecule has 0 saturated heterocycles. The normalized spacial score (nSPS) is 10.5. The number of halogens is 4. The molecule has 3 rings (SSSR count). The van der Waals surface area contributed by atoms with Crippen LogP contribution in [0.5, 0.6) is 11.5 Å². The predicted octanol–water partition coefficient (Wildman–Crippen LogP) is 6.46. The Morgan fingerprint density at radius 3 is 2.19 bits per heavy atom. The number of benzene rings is 3. The first-order valence-corrected chi connectivity index (χ1v) is 10.6. The van der Waals surface area contributed by atoms with Crippen molar-refractivity contribution in [1.82, 2.24) is 5.32 Å². The highest BCUT2D eigenvalue weighted by molar-refractivity contribution is 9.10. The van der Waals surface area contributed by atoms with E-state index in [1.54, 1.807) is 30.3 Å². The van der Waals surface area contributed by atoms with E-state index in [2.05, 4.69) is 21.2 Å². The van der Waals surface area contributed by atoms with Gasteiger partial charge in [0.15, 0.2) is 11.5 Å². The maximum Gasteiger partial charge on any atom is 0.175 e. The van der Waals surface area contributed by atoms with Crippen LogP contribution in [-0.2, 0) is 19.6 Å². The second kappa shape index (κ2) is 12.6. The molecule has 0 aliphatic carbocycles. The molecule has 3 nitrogen and oxygen atoms in total. The van der Waals surface area contributed by atoms with Crippen molar-refractivity contribution < 1.29 is 18.3 Å². The fourth-order valence-electron chi connectivity index (χ4n) is 3.05. The lowest BCUT2D eigenvalue weighted by atomic mass is 10.1. The largest absolute Gasteiger partial charge is 0.490 e. The molecule has 0 heterocycles. The fraction of sp³-hybridized carbons (Fsp3) is 0.250. The number of nitrogens with one attached hydrogen (secondary N) is 1. The van der Waals surface area contributed by atoms with Gasteiger partial charge in [0.2, 0.25) is 0 Å². The van der Waals surface area contributed by atoms with Crippen LogP contribution in [0.3, 0.4) is 0 Å². The lowest BCUT2D eigenvalue weighted by molar-refractivity contribution is 0.264. The van der Waals surface area contributed by atoms with E-state index in [0.29, 0.717) is 48.7 Å². The first kappa shape index (κ1) is 25.1. The summed E-state index contributed by atoms with van der Waals surface area (Å²) in [6, 6.07) is 17.2. The Bertz CT molecular complexity index is 988. The van der Waals surface area contributed by atoms with E-state index in [9.17, 15) is 8.78 Å². The van der Waals surface area contributed by atoms with Crippen LogP contribution in [0.25, 0.3) is 0 Å². The molecule has 3 aromatic carbocycles. The first-order valence-electron chi connectivity index (χ1n) is 9.84. The van der Waals surface area contributed by atoms with Crippen molar-refractivity contribution in [1.29, 1.82) is 0 Å². The Labute approximate surface area is 196 Å². The van der Waals surface area contributed by atoms with Gasteiger partial charge in [-0.3, -0.25) is 0 Å². The van der Waals surface area contributed by atoms with Crippen LogP contribution < -0.4 is 14.8 Å². The van der Waals surface area contributed by atoms with Gasteiger partial charge in [0, 0.05) is 12.1 Å². The maximum absolute atomic E-state index is 13.9. The standard InChI is InChI=1S/C24H24BrF2NO2.ClH/c1-2-29-23-14-17(15-28-12-11-18-7-3-5-9-21(18)26)13-20(25)24(23)30-16-19-8-4-6-10-22(19)27;/h3-10,13-14,28H,2,11-12,15-16H2,1H3;1H. The molecule has 0 bridgehead atoms. The molecule has 0 spiro atoms. The molecule has 0 radical (unpaired) electrons. The Kier molecular flexibility index (Phi) is 10.2. The number of hydrogen-bond donors (Lipinski definition) is 1. The van der Waals surface area contributed by atoms with Crippen molar-refractivity contribution in [3.05, 3.63) is 93.5 Å². The molecule has 1 N–H and O–H groups in total. The van der Waals surface area contributed by atoms with Gasteiger partial charge < -0.3 is 14.8 Å². The van der Waals surface area contributed by atoms with Crippen LogP contribution in [0.15, 0.2) is 65.1 Å². The highest BCUT2D eigenvalue weighted by atomic mass is 79.9. The van der Waals surface area contributed by atoms with Gasteiger partial charge in [-0.05, 0) is 71.2 Å². The van der Waals surface area contributed by atoms with Crippen LogP contribution >= 0.6 is 28.3 Å². The topological polar surface area (TPSA) is 30.5 Å². The SMILES string of the molecule is CCOc1cc(CNCCc2ccccc2F)cc(Br)c1OCc1ccccc1F.Cl. The smallest absolute Gasteiger partial charge is 0.175 e. The van der Waals surface area contributed by atoms with Crippen molar-refractivity contribution >= 4 is 28.3 Å². The van der Waals surface area contributed by atoms with Gasteiger partial charge in [-0.1, -0.05) is 36.4 Å². The highest BCUT2D eigenvalue weighted by Crippen LogP contribution is 2.37. The zero-order chi connectivity index (χ0) is 21.3. The minimum atomic E-state index is -0.303. The molecule has 166 valence electrons. The van der Waals surface area contributed by atoms with Crippen LogP contribution in [0.1, 0.15) is 23.6 Å². The van der Waals surface area contributed by atoms with Gasteiger partial charge in [0.25, 0.3) is 0 Å². The summed E-state index contributed by atoms with van der Waals surface area (Å²) in [5.41, 5.74) is 2.17. The Hall–Kier alpha value is -2.15. The summed E-state index contributed by atoms with van der Waals surface area (Å²) in [5.74, 6) is 0.642. The quantitative estimate of drug-likeness (QED) is 0.316. The highest BCUT2D eigenvalue weighted by Gasteiger charge is 2.13. The molecule has 0 saturated carbocycles. The molecule has 0 atom stereocenters. The minimum Gasteiger partial charge on any atom is -0.490 e. The lowest BCUT2D eigenvalue weighted by Crippen LogP contribution is -2.17. The fourth-order valence-corrected chi connectivity index (χ4v) is 3.65. The van der Waals surface area contributed by atoms with Gasteiger partial charge in [0.05, 0.1) is 11.1 Å². The van der Waals surface area contributed by atoms with E-state index in [1.807, 2.05) is 25.1 Å². The van der Waals surface area contributed by atoms with Crippen molar-refractivity contribution in [2.24, 2.45) is 0 Å². The maximum atomic E-state index is 13.9. The Balaban J connectivity index is 0.00000341. The van der Waals surface area contributed by atoms with Crippen LogP contribution in [0.4, 0.5) is 8.78 Å². The van der Waals surface area contributed by atoms with Crippen molar-refractivity contribution in [2.75, 3.05) is 13.2 Å². The summed E-state index contributed by atoms with van der Waals surface area (Å²) in [5, 5.41) is 3.33. The third-order valence-electron chi connectivity index (χ3n) is 4.56. The van der Waals surface area contributed by atoms with E-state index in [1.165, 1.54) is 12.1 Å². The van der Waals surface area contributed by atoms with Crippen LogP contribution in [-0.4, -0.2) is 13.2 Å².